The fraction of sp³-hybridized carbons (Fsp3) is 0.472. The number of hydrogen-bond acceptors (Lipinski definition) is 6. The number of benzene rings is 2. The van der Waals surface area contributed by atoms with E-state index in [1.54, 1.807) is 18.3 Å². The number of ether oxygens (including phenoxy) is 1. The Morgan fingerprint density at radius 2 is 1.96 bits per heavy atom. The first-order chi connectivity index (χ1) is 22.7. The summed E-state index contributed by atoms with van der Waals surface area (Å²) >= 11 is 6.29. The van der Waals surface area contributed by atoms with Crippen molar-refractivity contribution < 1.29 is 9.13 Å². The molecule has 4 aromatic rings. The zero-order valence-electron chi connectivity index (χ0n) is 27.0. The number of amidine groups is 1. The van der Waals surface area contributed by atoms with Crippen molar-refractivity contribution in [3.8, 4) is 16.9 Å². The third-order valence-corrected chi connectivity index (χ3v) is 9.93. The lowest BCUT2D eigenvalue weighted by Crippen LogP contribution is -2.43. The second kappa shape index (κ2) is 14.6. The average Bonchev–Trinajstić information content (AvgIpc) is 3.78. The number of hydrogen-bond donors (Lipinski definition) is 4. The van der Waals surface area contributed by atoms with Gasteiger partial charge in [-0.05, 0) is 112 Å². The van der Waals surface area contributed by atoms with E-state index in [4.69, 9.17) is 33.2 Å². The topological polar surface area (TPSA) is 139 Å². The van der Waals surface area contributed by atoms with Crippen molar-refractivity contribution in [3.63, 3.8) is 0 Å². The van der Waals surface area contributed by atoms with Gasteiger partial charge in [-0.3, -0.25) is 14.9 Å². The normalized spacial score (nSPS) is 19.2. The average molecular weight is 662 g/mol. The van der Waals surface area contributed by atoms with Gasteiger partial charge in [0.15, 0.2) is 5.82 Å². The number of aromatic nitrogens is 3. The second-order valence-electron chi connectivity index (χ2n) is 13.4. The second-order valence-corrected chi connectivity index (χ2v) is 13.8. The summed E-state index contributed by atoms with van der Waals surface area (Å²) in [7, 11) is 0. The van der Waals surface area contributed by atoms with E-state index in [-0.39, 0.29) is 23.1 Å². The van der Waals surface area contributed by atoms with E-state index in [1.807, 2.05) is 25.1 Å². The van der Waals surface area contributed by atoms with E-state index < -0.39 is 11.5 Å². The molecular weight excluding hydrogens is 617 g/mol. The van der Waals surface area contributed by atoms with Crippen LogP contribution in [0.3, 0.4) is 0 Å². The molecule has 1 saturated heterocycles. The first kappa shape index (κ1) is 33.2. The van der Waals surface area contributed by atoms with Crippen LogP contribution in [-0.2, 0) is 11.2 Å². The predicted molar refractivity (Wildman–Crippen MR) is 186 cm³/mol. The molecule has 0 amide bonds. The largest absolute Gasteiger partial charge is 0.466 e. The van der Waals surface area contributed by atoms with Crippen LogP contribution in [0.5, 0.6) is 0 Å². The van der Waals surface area contributed by atoms with Gasteiger partial charge in [-0.2, -0.15) is 4.98 Å². The molecule has 47 heavy (non-hydrogen) atoms. The van der Waals surface area contributed by atoms with Gasteiger partial charge in [-0.25, -0.2) is 9.18 Å². The molecule has 1 aliphatic carbocycles. The summed E-state index contributed by atoms with van der Waals surface area (Å²) < 4.78 is 22.1. The number of likely N-dealkylation sites (tertiary alicyclic amines) is 1. The minimum atomic E-state index is -0.512. The third kappa shape index (κ3) is 8.05. The highest BCUT2D eigenvalue weighted by molar-refractivity contribution is 6.31. The van der Waals surface area contributed by atoms with Crippen LogP contribution in [0.15, 0.2) is 53.5 Å². The molecule has 2 aromatic heterocycles. The maximum atomic E-state index is 15.2. The summed E-state index contributed by atoms with van der Waals surface area (Å²) in [6.45, 7) is 3.46. The number of nitrogens with two attached hydrogens (primary N) is 2. The number of H-pyrrole nitrogens is 1. The molecule has 9 nitrogen and oxygen atoms in total. The fourth-order valence-corrected chi connectivity index (χ4v) is 7.22. The van der Waals surface area contributed by atoms with E-state index in [0.717, 1.165) is 63.0 Å². The zero-order chi connectivity index (χ0) is 33.1. The minimum Gasteiger partial charge on any atom is -0.466 e. The van der Waals surface area contributed by atoms with Gasteiger partial charge < -0.3 is 21.2 Å². The molecule has 0 spiro atoms. The molecule has 6 N–H and O–H groups in total. The molecule has 2 aliphatic rings. The Hall–Kier alpha value is -3.73. The summed E-state index contributed by atoms with van der Waals surface area (Å²) in [5, 5.41) is 8.17. The van der Waals surface area contributed by atoms with Crippen molar-refractivity contribution in [3.05, 3.63) is 81.1 Å². The predicted octanol–water partition coefficient (Wildman–Crippen LogP) is 6.84. The molecule has 6 rings (SSSR count). The first-order valence-corrected chi connectivity index (χ1v) is 17.2. The number of nitrogens with one attached hydrogen (secondary N) is 2. The quantitative estimate of drug-likeness (QED) is 0.0914. The summed E-state index contributed by atoms with van der Waals surface area (Å²) in [5.41, 5.74) is 15.0. The molecule has 0 radical (unpaired) electrons. The number of rotatable bonds is 13. The Bertz CT molecular complexity index is 1770. The van der Waals surface area contributed by atoms with Crippen molar-refractivity contribution in [1.82, 2.24) is 19.4 Å². The van der Waals surface area contributed by atoms with Gasteiger partial charge in [0.05, 0.1) is 23.0 Å². The number of nitrogens with zero attached hydrogens (tertiary/aromatic N) is 3. The van der Waals surface area contributed by atoms with Gasteiger partial charge in [-0.15, -0.1) is 0 Å². The smallest absolute Gasteiger partial charge is 0.354 e. The Kier molecular flexibility index (Phi) is 10.3. The van der Waals surface area contributed by atoms with Crippen LogP contribution < -0.4 is 17.2 Å². The molecule has 1 aliphatic heterocycles. The molecule has 1 unspecified atom stereocenters. The Labute approximate surface area is 280 Å². The summed E-state index contributed by atoms with van der Waals surface area (Å²) in [5.74, 6) is 0.322. The number of aromatic amines is 1. The lowest BCUT2D eigenvalue weighted by molar-refractivity contribution is 0.0634. The van der Waals surface area contributed by atoms with Crippen LogP contribution >= 0.6 is 11.6 Å². The summed E-state index contributed by atoms with van der Waals surface area (Å²) in [4.78, 5) is 23.3. The molecule has 3 heterocycles. The van der Waals surface area contributed by atoms with E-state index in [0.29, 0.717) is 40.6 Å². The number of piperidine rings is 1. The SMILES string of the molecule is C[C@H](N)CCCc1cc(Cl)c(F)c(-c2cc3cn(-c4ccc(C5CCC[C@@H](CCOC(=N)N)N5CCC5CC5)cc4)c(=O)nc3[nH]2)c1. The van der Waals surface area contributed by atoms with Crippen LogP contribution in [0.2, 0.25) is 5.02 Å². The van der Waals surface area contributed by atoms with Gasteiger partial charge in [0, 0.05) is 35.3 Å². The van der Waals surface area contributed by atoms with Crippen molar-refractivity contribution in [2.45, 2.75) is 89.3 Å². The van der Waals surface area contributed by atoms with Gasteiger partial charge in [-0.1, -0.05) is 36.6 Å². The molecular formula is C36H45ClFN7O2. The molecule has 250 valence electrons. The highest BCUT2D eigenvalue weighted by Gasteiger charge is 2.33. The molecule has 1 saturated carbocycles. The van der Waals surface area contributed by atoms with Crippen molar-refractivity contribution in [2.75, 3.05) is 13.2 Å². The number of aryl methyl sites for hydroxylation is 1. The van der Waals surface area contributed by atoms with Gasteiger partial charge in [0.1, 0.15) is 5.65 Å². The number of halogens is 2. The van der Waals surface area contributed by atoms with Crippen molar-refractivity contribution >= 4 is 28.7 Å². The molecule has 2 fully saturated rings. The lowest BCUT2D eigenvalue weighted by Gasteiger charge is -2.43. The number of fused-ring (bicyclic) bond motifs is 1. The third-order valence-electron chi connectivity index (χ3n) is 9.65. The van der Waals surface area contributed by atoms with Crippen LogP contribution in [-0.4, -0.2) is 50.7 Å². The molecule has 0 bridgehead atoms. The highest BCUT2D eigenvalue weighted by Crippen LogP contribution is 2.39. The van der Waals surface area contributed by atoms with E-state index in [2.05, 4.69) is 27.0 Å². The summed E-state index contributed by atoms with van der Waals surface area (Å²) in [6.07, 6.45) is 12.2. The first-order valence-electron chi connectivity index (χ1n) is 16.9. The molecule has 11 heteroatoms. The standard InChI is InChI=1S/C36H45ClFN7O2/c1-22(39)4-2-5-24-18-29(33(38)30(37)19-24)31-20-26-21-45(36(46)43-34(26)42-31)28-12-10-25(11-13-28)32-7-3-6-27(15-17-47-35(40)41)44(32)16-14-23-8-9-23/h10-13,18-23,27,32H,2-9,14-17,39H2,1H3,(H3,40,41)(H,42,43,46)/t22-,27-,32?/m0/s1. The Morgan fingerprint density at radius 1 is 1.17 bits per heavy atom. The Balaban J connectivity index is 1.23. The van der Waals surface area contributed by atoms with E-state index in [1.165, 1.54) is 29.4 Å². The lowest BCUT2D eigenvalue weighted by atomic mass is 9.89. The molecule has 3 atom stereocenters. The van der Waals surface area contributed by atoms with E-state index >= 15 is 4.39 Å². The van der Waals surface area contributed by atoms with Crippen LogP contribution in [0.4, 0.5) is 4.39 Å². The van der Waals surface area contributed by atoms with Crippen LogP contribution in [0.25, 0.3) is 28.0 Å². The molecule has 2 aromatic carbocycles. The maximum Gasteiger partial charge on any atom is 0.354 e. The maximum absolute atomic E-state index is 15.2. The van der Waals surface area contributed by atoms with Crippen LogP contribution in [0.1, 0.15) is 81.9 Å². The van der Waals surface area contributed by atoms with Gasteiger partial charge >= 0.3 is 5.69 Å². The van der Waals surface area contributed by atoms with Gasteiger partial charge in [0.2, 0.25) is 0 Å². The van der Waals surface area contributed by atoms with Gasteiger partial charge in [0.25, 0.3) is 6.02 Å². The monoisotopic (exact) mass is 661 g/mol. The van der Waals surface area contributed by atoms with E-state index in [9.17, 15) is 4.79 Å². The van der Waals surface area contributed by atoms with Crippen molar-refractivity contribution in [2.24, 2.45) is 17.4 Å². The van der Waals surface area contributed by atoms with Crippen molar-refractivity contribution in [1.29, 1.82) is 5.41 Å². The van der Waals surface area contributed by atoms with Crippen LogP contribution in [0, 0.1) is 17.1 Å². The Morgan fingerprint density at radius 3 is 2.68 bits per heavy atom. The summed E-state index contributed by atoms with van der Waals surface area (Å²) in [6, 6.07) is 14.0. The highest BCUT2D eigenvalue weighted by atomic mass is 35.5. The zero-order valence-corrected chi connectivity index (χ0v) is 27.7. The minimum absolute atomic E-state index is 0.0596. The fourth-order valence-electron chi connectivity index (χ4n) is 6.98.